The summed E-state index contributed by atoms with van der Waals surface area (Å²) >= 11 is 1.79. The average Bonchev–Trinajstić information content (AvgIpc) is 3.13. The number of benzene rings is 2. The zero-order chi connectivity index (χ0) is 14.9. The molecule has 0 N–H and O–H groups in total. The molecule has 23 heavy (non-hydrogen) atoms. The van der Waals surface area contributed by atoms with Crippen molar-refractivity contribution in [2.24, 2.45) is 0 Å². The molecule has 0 saturated heterocycles. The van der Waals surface area contributed by atoms with Gasteiger partial charge in [0.25, 0.3) is 0 Å². The second-order valence-corrected chi connectivity index (χ2v) is 6.36. The smallest absolute Gasteiger partial charge is 0.346 e. The Morgan fingerprint density at radius 3 is 2.39 bits per heavy atom. The van der Waals surface area contributed by atoms with Crippen LogP contribution in [0.15, 0.2) is 72.4 Å². The van der Waals surface area contributed by atoms with E-state index in [1.807, 2.05) is 0 Å². The third-order valence-corrected chi connectivity index (χ3v) is 5.08. The summed E-state index contributed by atoms with van der Waals surface area (Å²) in [5, 5.41) is 2.20. The standard InChI is InChI=1S/C19H17N2S.BrH/c1-15-14-22-19-20(11-12-21(15)19)13-16-7-9-18(10-8-16)17-5-3-2-4-6-17;/h2-12,14H,13H2,1H3;1H/q+1;/p-1. The molecule has 0 saturated carbocycles. The van der Waals surface area contributed by atoms with Crippen LogP contribution in [0.4, 0.5) is 0 Å². The van der Waals surface area contributed by atoms with E-state index in [9.17, 15) is 0 Å². The van der Waals surface area contributed by atoms with Crippen molar-refractivity contribution >= 4 is 16.3 Å². The van der Waals surface area contributed by atoms with Gasteiger partial charge in [0.05, 0.1) is 0 Å². The molecule has 0 aliphatic rings. The molecule has 0 atom stereocenters. The number of fused-ring (bicyclic) bond motifs is 1. The van der Waals surface area contributed by atoms with Crippen LogP contribution in [0.1, 0.15) is 11.3 Å². The van der Waals surface area contributed by atoms with Crippen LogP contribution in [-0.2, 0) is 6.54 Å². The minimum absolute atomic E-state index is 0. The van der Waals surface area contributed by atoms with E-state index in [-0.39, 0.29) is 17.0 Å². The summed E-state index contributed by atoms with van der Waals surface area (Å²) in [6.45, 7) is 3.05. The molecule has 2 aromatic heterocycles. The first-order valence-electron chi connectivity index (χ1n) is 7.40. The fourth-order valence-electron chi connectivity index (χ4n) is 2.75. The molecule has 2 heterocycles. The molecular weight excluding hydrogens is 368 g/mol. The number of aromatic nitrogens is 2. The summed E-state index contributed by atoms with van der Waals surface area (Å²) in [5.41, 5.74) is 5.15. The molecule has 4 heteroatoms. The van der Waals surface area contributed by atoms with Crippen LogP contribution in [0.3, 0.4) is 0 Å². The molecular formula is C19H17BrN2S. The molecule has 2 aromatic carbocycles. The maximum absolute atomic E-state index is 2.30. The normalized spacial score (nSPS) is 10.7. The first kappa shape index (κ1) is 16.0. The van der Waals surface area contributed by atoms with Gasteiger partial charge in [-0.15, -0.1) is 0 Å². The number of hydrogen-bond acceptors (Lipinski definition) is 1. The Morgan fingerprint density at radius 1 is 0.957 bits per heavy atom. The van der Waals surface area contributed by atoms with Crippen LogP contribution in [-0.4, -0.2) is 4.40 Å². The summed E-state index contributed by atoms with van der Waals surface area (Å²) in [6, 6.07) is 19.4. The first-order valence-corrected chi connectivity index (χ1v) is 8.28. The monoisotopic (exact) mass is 384 g/mol. The van der Waals surface area contributed by atoms with Gasteiger partial charge in [-0.05, 0) is 23.6 Å². The van der Waals surface area contributed by atoms with Gasteiger partial charge in [-0.3, -0.25) is 0 Å². The minimum Gasteiger partial charge on any atom is -1.00 e. The highest BCUT2D eigenvalue weighted by Gasteiger charge is 2.13. The van der Waals surface area contributed by atoms with Crippen LogP contribution in [0.5, 0.6) is 0 Å². The molecule has 0 spiro atoms. The number of aryl methyl sites for hydroxylation is 1. The lowest BCUT2D eigenvalue weighted by atomic mass is 10.0. The Labute approximate surface area is 150 Å². The van der Waals surface area contributed by atoms with E-state index in [2.05, 4.69) is 88.3 Å². The van der Waals surface area contributed by atoms with Gasteiger partial charge >= 0.3 is 4.96 Å². The maximum atomic E-state index is 2.30. The van der Waals surface area contributed by atoms with E-state index in [0.717, 1.165) is 6.54 Å². The fraction of sp³-hybridized carbons (Fsp3) is 0.105. The average molecular weight is 385 g/mol. The van der Waals surface area contributed by atoms with Crippen molar-refractivity contribution in [2.75, 3.05) is 0 Å². The van der Waals surface area contributed by atoms with Crippen molar-refractivity contribution in [3.05, 3.63) is 83.6 Å². The van der Waals surface area contributed by atoms with E-state index in [4.69, 9.17) is 0 Å². The van der Waals surface area contributed by atoms with Gasteiger partial charge in [-0.2, -0.15) is 4.40 Å². The first-order chi connectivity index (χ1) is 10.8. The molecule has 0 fully saturated rings. The van der Waals surface area contributed by atoms with Crippen molar-refractivity contribution < 1.29 is 21.5 Å². The topological polar surface area (TPSA) is 8.29 Å². The second-order valence-electron chi connectivity index (χ2n) is 5.52. The molecule has 0 amide bonds. The van der Waals surface area contributed by atoms with E-state index in [0.29, 0.717) is 0 Å². The quantitative estimate of drug-likeness (QED) is 0.470. The molecule has 2 nitrogen and oxygen atoms in total. The number of hydrogen-bond donors (Lipinski definition) is 0. The van der Waals surface area contributed by atoms with Gasteiger partial charge in [-0.25, -0.2) is 4.57 Å². The van der Waals surface area contributed by atoms with Gasteiger partial charge in [0.2, 0.25) is 0 Å². The molecule has 4 rings (SSSR count). The Bertz CT molecular complexity index is 908. The maximum Gasteiger partial charge on any atom is 0.346 e. The SMILES string of the molecule is Cc1csc2n1cc[n+]2Cc1ccc(-c2ccccc2)cc1.[Br-]. The van der Waals surface area contributed by atoms with Crippen molar-refractivity contribution in [1.82, 2.24) is 4.40 Å². The predicted molar refractivity (Wildman–Crippen MR) is 91.2 cm³/mol. The summed E-state index contributed by atoms with van der Waals surface area (Å²) in [5.74, 6) is 0. The zero-order valence-corrected chi connectivity index (χ0v) is 15.2. The molecule has 4 aromatic rings. The van der Waals surface area contributed by atoms with Crippen LogP contribution in [0, 0.1) is 6.92 Å². The molecule has 0 radical (unpaired) electrons. The summed E-state index contributed by atoms with van der Waals surface area (Å²) in [6.07, 6.45) is 4.30. The summed E-state index contributed by atoms with van der Waals surface area (Å²) < 4.78 is 4.54. The van der Waals surface area contributed by atoms with Crippen molar-refractivity contribution in [3.63, 3.8) is 0 Å². The highest BCUT2D eigenvalue weighted by molar-refractivity contribution is 7.14. The number of nitrogens with zero attached hydrogens (tertiary/aromatic N) is 2. The van der Waals surface area contributed by atoms with Gasteiger partial charge in [0.15, 0.2) is 0 Å². The molecule has 116 valence electrons. The number of halogens is 1. The Morgan fingerprint density at radius 2 is 1.65 bits per heavy atom. The van der Waals surface area contributed by atoms with Crippen LogP contribution in [0.25, 0.3) is 16.1 Å². The van der Waals surface area contributed by atoms with Crippen LogP contribution < -0.4 is 21.5 Å². The van der Waals surface area contributed by atoms with Gasteiger partial charge in [0.1, 0.15) is 24.6 Å². The minimum atomic E-state index is 0. The van der Waals surface area contributed by atoms with E-state index >= 15 is 0 Å². The number of imidazole rings is 1. The van der Waals surface area contributed by atoms with Crippen LogP contribution in [0.2, 0.25) is 0 Å². The number of thiazole rings is 1. The summed E-state index contributed by atoms with van der Waals surface area (Å²) in [7, 11) is 0. The number of rotatable bonds is 3. The molecule has 0 bridgehead atoms. The summed E-state index contributed by atoms with van der Waals surface area (Å²) in [4.78, 5) is 1.28. The lowest BCUT2D eigenvalue weighted by Crippen LogP contribution is -3.00. The Balaban J connectivity index is 0.00000156. The highest BCUT2D eigenvalue weighted by Crippen LogP contribution is 2.19. The Kier molecular flexibility index (Phi) is 4.64. The van der Waals surface area contributed by atoms with Gasteiger partial charge < -0.3 is 17.0 Å². The van der Waals surface area contributed by atoms with Crippen molar-refractivity contribution in [3.8, 4) is 11.1 Å². The third-order valence-electron chi connectivity index (χ3n) is 3.98. The van der Waals surface area contributed by atoms with E-state index < -0.39 is 0 Å². The van der Waals surface area contributed by atoms with Gasteiger partial charge in [0, 0.05) is 5.38 Å². The van der Waals surface area contributed by atoms with Crippen molar-refractivity contribution in [1.29, 1.82) is 0 Å². The lowest BCUT2D eigenvalue weighted by Gasteiger charge is -2.03. The largest absolute Gasteiger partial charge is 1.00 e. The van der Waals surface area contributed by atoms with Gasteiger partial charge in [-0.1, -0.05) is 65.9 Å². The third kappa shape index (κ3) is 3.09. The van der Waals surface area contributed by atoms with E-state index in [1.54, 1.807) is 11.3 Å². The molecule has 0 unspecified atom stereocenters. The molecule has 0 aliphatic carbocycles. The van der Waals surface area contributed by atoms with Crippen molar-refractivity contribution in [2.45, 2.75) is 13.5 Å². The fourth-order valence-corrected chi connectivity index (χ4v) is 3.72. The second kappa shape index (κ2) is 6.69. The molecule has 0 aliphatic heterocycles. The predicted octanol–water partition coefficient (Wildman–Crippen LogP) is 1.32. The zero-order valence-electron chi connectivity index (χ0n) is 12.8. The van der Waals surface area contributed by atoms with E-state index in [1.165, 1.54) is 27.3 Å². The lowest BCUT2D eigenvalue weighted by molar-refractivity contribution is -0.659. The Hall–Kier alpha value is -1.91. The van der Waals surface area contributed by atoms with Crippen LogP contribution >= 0.6 is 11.3 Å². The highest BCUT2D eigenvalue weighted by atomic mass is 79.9.